The van der Waals surface area contributed by atoms with E-state index in [2.05, 4.69) is 14.9 Å². The van der Waals surface area contributed by atoms with Gasteiger partial charge in [0.25, 0.3) is 5.91 Å². The molecule has 0 aliphatic carbocycles. The van der Waals surface area contributed by atoms with Crippen molar-refractivity contribution in [2.75, 3.05) is 26.2 Å². The Kier molecular flexibility index (Phi) is 5.01. The van der Waals surface area contributed by atoms with Crippen molar-refractivity contribution in [3.05, 3.63) is 64.8 Å². The molecule has 0 saturated carbocycles. The van der Waals surface area contributed by atoms with Gasteiger partial charge in [0.05, 0.1) is 16.3 Å². The van der Waals surface area contributed by atoms with Crippen LogP contribution in [0.1, 0.15) is 21.9 Å². The summed E-state index contributed by atoms with van der Waals surface area (Å²) in [5.41, 5.74) is 2.35. The van der Waals surface area contributed by atoms with Gasteiger partial charge >= 0.3 is 0 Å². The Hall–Kier alpha value is -2.57. The number of carbonyl (C=O) groups excluding carboxylic acids is 1. The molecule has 1 saturated heterocycles. The smallest absolute Gasteiger partial charge is 0.270 e. The van der Waals surface area contributed by atoms with E-state index in [0.29, 0.717) is 36.2 Å². The van der Waals surface area contributed by atoms with Crippen LogP contribution in [-0.4, -0.2) is 51.9 Å². The molecule has 1 amide bonds. The van der Waals surface area contributed by atoms with E-state index in [1.165, 1.54) is 0 Å². The van der Waals surface area contributed by atoms with Gasteiger partial charge in [0.1, 0.15) is 11.5 Å². The quantitative estimate of drug-likeness (QED) is 0.746. The maximum atomic E-state index is 12.4. The van der Waals surface area contributed by atoms with Gasteiger partial charge in [-0.25, -0.2) is 4.98 Å². The first-order valence-corrected chi connectivity index (χ1v) is 9.36. The summed E-state index contributed by atoms with van der Waals surface area (Å²) in [6.45, 7) is 5.64. The first-order chi connectivity index (χ1) is 13.1. The van der Waals surface area contributed by atoms with Crippen molar-refractivity contribution in [2.45, 2.75) is 13.5 Å². The van der Waals surface area contributed by atoms with Crippen LogP contribution in [0.3, 0.4) is 0 Å². The van der Waals surface area contributed by atoms with Crippen LogP contribution < -0.4 is 0 Å². The fraction of sp³-hybridized carbons (Fsp3) is 0.300. The fourth-order valence-electron chi connectivity index (χ4n) is 3.28. The summed E-state index contributed by atoms with van der Waals surface area (Å²) < 4.78 is 5.84. The Morgan fingerprint density at radius 3 is 2.67 bits per heavy atom. The van der Waals surface area contributed by atoms with E-state index in [1.807, 2.05) is 48.2 Å². The Bertz CT molecular complexity index is 927. The maximum Gasteiger partial charge on any atom is 0.270 e. The number of aromatic nitrogens is 2. The molecule has 3 heterocycles. The highest BCUT2D eigenvalue weighted by molar-refractivity contribution is 6.33. The van der Waals surface area contributed by atoms with E-state index in [4.69, 9.17) is 16.0 Å². The number of halogens is 1. The molecular formula is C20H21ClN4O2. The molecule has 0 unspecified atom stereocenters. The van der Waals surface area contributed by atoms with E-state index >= 15 is 0 Å². The molecule has 1 N–H and O–H groups in total. The minimum atomic E-state index is 0.0540. The number of piperazine rings is 1. The van der Waals surface area contributed by atoms with Crippen LogP contribution in [0, 0.1) is 6.92 Å². The minimum absolute atomic E-state index is 0.0540. The molecule has 2 aromatic heterocycles. The molecule has 1 fully saturated rings. The number of aryl methyl sites for hydroxylation is 1. The van der Waals surface area contributed by atoms with Crippen LogP contribution in [-0.2, 0) is 6.54 Å². The molecule has 7 heteroatoms. The predicted molar refractivity (Wildman–Crippen MR) is 104 cm³/mol. The Labute approximate surface area is 162 Å². The molecule has 140 valence electrons. The van der Waals surface area contributed by atoms with Crippen LogP contribution in [0.15, 0.2) is 47.0 Å². The molecular weight excluding hydrogens is 364 g/mol. The highest BCUT2D eigenvalue weighted by Gasteiger charge is 2.24. The number of rotatable bonds is 4. The summed E-state index contributed by atoms with van der Waals surface area (Å²) >= 11 is 6.25. The van der Waals surface area contributed by atoms with Crippen LogP contribution in [0.5, 0.6) is 0 Å². The summed E-state index contributed by atoms with van der Waals surface area (Å²) in [7, 11) is 0. The summed E-state index contributed by atoms with van der Waals surface area (Å²) in [6.07, 6.45) is 1.77. The molecule has 0 atom stereocenters. The third-order valence-corrected chi connectivity index (χ3v) is 5.19. The van der Waals surface area contributed by atoms with Crippen LogP contribution in [0.25, 0.3) is 11.5 Å². The number of amides is 1. The molecule has 27 heavy (non-hydrogen) atoms. The molecule has 4 rings (SSSR count). The van der Waals surface area contributed by atoms with Crippen molar-refractivity contribution in [1.29, 1.82) is 0 Å². The van der Waals surface area contributed by atoms with Gasteiger partial charge < -0.3 is 14.3 Å². The number of nitrogens with one attached hydrogen (secondary N) is 1. The maximum absolute atomic E-state index is 12.4. The van der Waals surface area contributed by atoms with E-state index in [0.717, 1.165) is 30.1 Å². The number of aromatic amines is 1. The van der Waals surface area contributed by atoms with E-state index < -0.39 is 0 Å². The zero-order valence-electron chi connectivity index (χ0n) is 15.1. The molecule has 0 bridgehead atoms. The van der Waals surface area contributed by atoms with Gasteiger partial charge in [-0.1, -0.05) is 23.7 Å². The molecule has 1 aliphatic heterocycles. The number of benzene rings is 1. The lowest BCUT2D eigenvalue weighted by molar-refractivity contribution is 0.0621. The topological polar surface area (TPSA) is 65.4 Å². The number of hydrogen-bond donors (Lipinski definition) is 1. The molecule has 0 spiro atoms. The van der Waals surface area contributed by atoms with Crippen molar-refractivity contribution < 1.29 is 9.21 Å². The normalized spacial score (nSPS) is 15.3. The zero-order valence-corrected chi connectivity index (χ0v) is 15.9. The van der Waals surface area contributed by atoms with Gasteiger partial charge in [-0.2, -0.15) is 0 Å². The number of hydrogen-bond acceptors (Lipinski definition) is 4. The van der Waals surface area contributed by atoms with E-state index in [-0.39, 0.29) is 5.91 Å². The zero-order chi connectivity index (χ0) is 18.8. The summed E-state index contributed by atoms with van der Waals surface area (Å²) in [5, 5.41) is 0.627. The van der Waals surface area contributed by atoms with Gasteiger partial charge in [0.2, 0.25) is 5.89 Å². The molecule has 1 aliphatic rings. The highest BCUT2D eigenvalue weighted by Crippen LogP contribution is 2.28. The first kappa shape index (κ1) is 17.8. The second kappa shape index (κ2) is 7.58. The van der Waals surface area contributed by atoms with Crippen molar-refractivity contribution in [3.8, 4) is 11.5 Å². The SMILES string of the molecule is Cc1oc(-c2ccccc2Cl)nc1CN1CCN(C(=O)c2ccc[nH]2)CC1. The van der Waals surface area contributed by atoms with E-state index in [1.54, 1.807) is 6.20 Å². The molecule has 6 nitrogen and oxygen atoms in total. The van der Waals surface area contributed by atoms with Crippen molar-refractivity contribution >= 4 is 17.5 Å². The second-order valence-corrected chi connectivity index (χ2v) is 7.06. The lowest BCUT2D eigenvalue weighted by Crippen LogP contribution is -2.48. The number of oxazole rings is 1. The Morgan fingerprint density at radius 1 is 1.19 bits per heavy atom. The fourth-order valence-corrected chi connectivity index (χ4v) is 3.50. The van der Waals surface area contributed by atoms with Crippen LogP contribution in [0.4, 0.5) is 0 Å². The average molecular weight is 385 g/mol. The van der Waals surface area contributed by atoms with E-state index in [9.17, 15) is 4.79 Å². The van der Waals surface area contributed by atoms with Crippen molar-refractivity contribution in [1.82, 2.24) is 19.8 Å². The lowest BCUT2D eigenvalue weighted by atomic mass is 10.2. The van der Waals surface area contributed by atoms with Crippen molar-refractivity contribution in [2.24, 2.45) is 0 Å². The summed E-state index contributed by atoms with van der Waals surface area (Å²) in [5.74, 6) is 1.40. The average Bonchev–Trinajstić information content (AvgIpc) is 3.33. The Balaban J connectivity index is 1.40. The second-order valence-electron chi connectivity index (χ2n) is 6.65. The Morgan fingerprint density at radius 2 is 1.96 bits per heavy atom. The standard InChI is InChI=1S/C20H21ClN4O2/c1-14-18(23-19(27-14)15-5-2-3-6-16(15)21)13-24-9-11-25(12-10-24)20(26)17-7-4-8-22-17/h2-8,22H,9-13H2,1H3. The van der Waals surface area contributed by atoms with Gasteiger partial charge in [-0.05, 0) is 31.2 Å². The van der Waals surface area contributed by atoms with Crippen LogP contribution >= 0.6 is 11.6 Å². The molecule has 3 aromatic rings. The van der Waals surface area contributed by atoms with Gasteiger partial charge in [0, 0.05) is 38.9 Å². The van der Waals surface area contributed by atoms with Gasteiger partial charge in [0.15, 0.2) is 0 Å². The molecule has 1 aromatic carbocycles. The first-order valence-electron chi connectivity index (χ1n) is 8.98. The minimum Gasteiger partial charge on any atom is -0.441 e. The van der Waals surface area contributed by atoms with Gasteiger partial charge in [-0.3, -0.25) is 9.69 Å². The van der Waals surface area contributed by atoms with Gasteiger partial charge in [-0.15, -0.1) is 0 Å². The third kappa shape index (κ3) is 3.77. The number of carbonyl (C=O) groups is 1. The number of nitrogens with zero attached hydrogens (tertiary/aromatic N) is 3. The predicted octanol–water partition coefficient (Wildman–Crippen LogP) is 3.59. The van der Waals surface area contributed by atoms with Crippen molar-refractivity contribution in [3.63, 3.8) is 0 Å². The summed E-state index contributed by atoms with van der Waals surface area (Å²) in [6, 6.07) is 11.2. The van der Waals surface area contributed by atoms with Crippen LogP contribution in [0.2, 0.25) is 5.02 Å². The summed E-state index contributed by atoms with van der Waals surface area (Å²) in [4.78, 5) is 24.2. The highest BCUT2D eigenvalue weighted by atomic mass is 35.5. The monoisotopic (exact) mass is 384 g/mol. The lowest BCUT2D eigenvalue weighted by Gasteiger charge is -2.34. The largest absolute Gasteiger partial charge is 0.441 e. The molecule has 0 radical (unpaired) electrons. The number of H-pyrrole nitrogens is 1. The third-order valence-electron chi connectivity index (χ3n) is 4.86.